The molecule has 0 spiro atoms. The van der Waals surface area contributed by atoms with Crippen LogP contribution in [0, 0.1) is 0 Å². The molecule has 1 aliphatic rings. The van der Waals surface area contributed by atoms with E-state index >= 15 is 0 Å². The van der Waals surface area contributed by atoms with E-state index < -0.39 is 24.9 Å². The number of rotatable bonds is 3. The number of carbonyl (C=O) groups excluding carboxylic acids is 1. The molecule has 1 atom stereocenters. The largest absolute Gasteiger partial charge is 0.389 e. The van der Waals surface area contributed by atoms with Gasteiger partial charge in [-0.3, -0.25) is 4.79 Å². The van der Waals surface area contributed by atoms with E-state index in [1.54, 1.807) is 6.20 Å². The van der Waals surface area contributed by atoms with Crippen LogP contribution in [-0.4, -0.2) is 28.5 Å². The smallest absolute Gasteiger partial charge is 0.333 e. The van der Waals surface area contributed by atoms with Crippen molar-refractivity contribution in [3.05, 3.63) is 16.6 Å². The number of thiazole rings is 1. The lowest BCUT2D eigenvalue weighted by atomic mass is 10.2. The van der Waals surface area contributed by atoms with Crippen LogP contribution < -0.4 is 0 Å². The number of hydrogen-bond donors (Lipinski definition) is 0. The van der Waals surface area contributed by atoms with Gasteiger partial charge in [0.05, 0.1) is 12.5 Å². The maximum absolute atomic E-state index is 12.1. The molecule has 1 aliphatic heterocycles. The lowest BCUT2D eigenvalue weighted by Gasteiger charge is -2.23. The molecule has 1 amide bonds. The molecule has 2 heterocycles. The molecule has 3 nitrogen and oxygen atoms in total. The molecule has 2 rings (SSSR count). The zero-order valence-electron chi connectivity index (χ0n) is 9.61. The fraction of sp³-hybridized carbons (Fsp3) is 0.636. The third kappa shape index (κ3) is 3.22. The number of nitrogens with zero attached hydrogens (tertiary/aromatic N) is 2. The highest BCUT2D eigenvalue weighted by Crippen LogP contribution is 2.34. The highest BCUT2D eigenvalue weighted by Gasteiger charge is 2.34. The highest BCUT2D eigenvalue weighted by molar-refractivity contribution is 7.09. The van der Waals surface area contributed by atoms with Gasteiger partial charge in [-0.1, -0.05) is 0 Å². The third-order valence-corrected chi connectivity index (χ3v) is 3.81. The molecule has 0 radical (unpaired) electrons. The van der Waals surface area contributed by atoms with E-state index in [1.165, 1.54) is 16.2 Å². The Hall–Kier alpha value is -1.11. The first-order chi connectivity index (χ1) is 8.47. The van der Waals surface area contributed by atoms with E-state index in [0.29, 0.717) is 6.54 Å². The topological polar surface area (TPSA) is 33.2 Å². The molecule has 0 saturated carbocycles. The summed E-state index contributed by atoms with van der Waals surface area (Å²) in [4.78, 5) is 17.5. The van der Waals surface area contributed by atoms with Crippen LogP contribution in [0.3, 0.4) is 0 Å². The van der Waals surface area contributed by atoms with Crippen LogP contribution in [0.4, 0.5) is 13.2 Å². The Labute approximate surface area is 107 Å². The molecule has 1 fully saturated rings. The van der Waals surface area contributed by atoms with Crippen LogP contribution in [0.2, 0.25) is 0 Å². The number of hydrogen-bond acceptors (Lipinski definition) is 3. The average molecular weight is 278 g/mol. The summed E-state index contributed by atoms with van der Waals surface area (Å²) in [6, 6.07) is -0.134. The monoisotopic (exact) mass is 278 g/mol. The normalized spacial score (nSPS) is 20.4. The predicted octanol–water partition coefficient (Wildman–Crippen LogP) is 3.15. The van der Waals surface area contributed by atoms with Crippen molar-refractivity contribution in [3.63, 3.8) is 0 Å². The molecule has 0 aromatic carbocycles. The van der Waals surface area contributed by atoms with E-state index in [9.17, 15) is 18.0 Å². The summed E-state index contributed by atoms with van der Waals surface area (Å²) in [7, 11) is 0. The van der Waals surface area contributed by atoms with Gasteiger partial charge < -0.3 is 4.90 Å². The second kappa shape index (κ2) is 5.26. The molecular weight excluding hydrogens is 265 g/mol. The van der Waals surface area contributed by atoms with Crippen molar-refractivity contribution in [2.75, 3.05) is 6.54 Å². The van der Waals surface area contributed by atoms with Gasteiger partial charge in [-0.25, -0.2) is 4.98 Å². The summed E-state index contributed by atoms with van der Waals surface area (Å²) < 4.78 is 36.3. The van der Waals surface area contributed by atoms with Crippen molar-refractivity contribution in [1.82, 2.24) is 9.88 Å². The van der Waals surface area contributed by atoms with E-state index in [1.807, 2.05) is 5.38 Å². The Morgan fingerprint density at radius 2 is 2.33 bits per heavy atom. The van der Waals surface area contributed by atoms with Crippen molar-refractivity contribution < 1.29 is 18.0 Å². The Morgan fingerprint density at radius 1 is 1.56 bits per heavy atom. The summed E-state index contributed by atoms with van der Waals surface area (Å²) in [5.41, 5.74) is 0. The van der Waals surface area contributed by atoms with Crippen LogP contribution >= 0.6 is 11.3 Å². The second-order valence-corrected chi connectivity index (χ2v) is 5.16. The van der Waals surface area contributed by atoms with Gasteiger partial charge in [0.2, 0.25) is 5.91 Å². The highest BCUT2D eigenvalue weighted by atomic mass is 32.1. The SMILES string of the molecule is O=C(CCC(F)(F)F)N1CCCC1c1nccs1. The van der Waals surface area contributed by atoms with Crippen molar-refractivity contribution >= 4 is 17.2 Å². The van der Waals surface area contributed by atoms with Gasteiger partial charge >= 0.3 is 6.18 Å². The first-order valence-electron chi connectivity index (χ1n) is 5.73. The molecule has 1 aromatic rings. The van der Waals surface area contributed by atoms with E-state index in [-0.39, 0.29) is 6.04 Å². The first kappa shape index (κ1) is 13.3. The van der Waals surface area contributed by atoms with Crippen molar-refractivity contribution in [3.8, 4) is 0 Å². The van der Waals surface area contributed by atoms with Crippen LogP contribution in [0.15, 0.2) is 11.6 Å². The fourth-order valence-corrected chi connectivity index (χ4v) is 2.90. The van der Waals surface area contributed by atoms with E-state index in [2.05, 4.69) is 4.98 Å². The fourth-order valence-electron chi connectivity index (χ4n) is 2.11. The molecule has 1 unspecified atom stereocenters. The Morgan fingerprint density at radius 3 is 2.94 bits per heavy atom. The number of halogens is 3. The van der Waals surface area contributed by atoms with Gasteiger partial charge in [0.25, 0.3) is 0 Å². The first-order valence-corrected chi connectivity index (χ1v) is 6.61. The molecule has 1 aromatic heterocycles. The second-order valence-electron chi connectivity index (χ2n) is 4.23. The summed E-state index contributed by atoms with van der Waals surface area (Å²) >= 11 is 1.44. The molecule has 0 N–H and O–H groups in total. The summed E-state index contributed by atoms with van der Waals surface area (Å²) in [6.45, 7) is 0.529. The lowest BCUT2D eigenvalue weighted by molar-refractivity contribution is -0.149. The Bertz CT molecular complexity index is 405. The third-order valence-electron chi connectivity index (χ3n) is 2.93. The molecule has 100 valence electrons. The Balaban J connectivity index is 1.97. The Kier molecular flexibility index (Phi) is 3.89. The molecule has 0 aliphatic carbocycles. The number of carbonyl (C=O) groups is 1. The zero-order chi connectivity index (χ0) is 13.2. The molecule has 1 saturated heterocycles. The predicted molar refractivity (Wildman–Crippen MR) is 61.1 cm³/mol. The van der Waals surface area contributed by atoms with Gasteiger partial charge in [-0.15, -0.1) is 11.3 Å². The standard InChI is InChI=1S/C11H13F3N2OS/c12-11(13,14)4-3-9(17)16-6-1-2-8(16)10-15-5-7-18-10/h5,7-8H,1-4,6H2. The number of aromatic nitrogens is 1. The van der Waals surface area contributed by atoms with E-state index in [4.69, 9.17) is 0 Å². The summed E-state index contributed by atoms with van der Waals surface area (Å²) in [6.07, 6.45) is -2.53. The van der Waals surface area contributed by atoms with Crippen LogP contribution in [-0.2, 0) is 4.79 Å². The lowest BCUT2D eigenvalue weighted by Crippen LogP contribution is -2.31. The molecule has 0 bridgehead atoms. The summed E-state index contributed by atoms with van der Waals surface area (Å²) in [5.74, 6) is -0.426. The number of alkyl halides is 3. The minimum absolute atomic E-state index is 0.134. The minimum atomic E-state index is -4.27. The van der Waals surface area contributed by atoms with Crippen LogP contribution in [0.25, 0.3) is 0 Å². The number of likely N-dealkylation sites (tertiary alicyclic amines) is 1. The average Bonchev–Trinajstić information content (AvgIpc) is 2.94. The van der Waals surface area contributed by atoms with E-state index in [0.717, 1.165) is 17.8 Å². The van der Waals surface area contributed by atoms with Gasteiger partial charge in [0.1, 0.15) is 5.01 Å². The van der Waals surface area contributed by atoms with Crippen molar-refractivity contribution in [2.45, 2.75) is 37.9 Å². The van der Waals surface area contributed by atoms with Gasteiger partial charge in [0.15, 0.2) is 0 Å². The molecule has 18 heavy (non-hydrogen) atoms. The summed E-state index contributed by atoms with van der Waals surface area (Å²) in [5, 5.41) is 2.62. The molecular formula is C11H13F3N2OS. The van der Waals surface area contributed by atoms with Crippen LogP contribution in [0.1, 0.15) is 36.7 Å². The van der Waals surface area contributed by atoms with Crippen LogP contribution in [0.5, 0.6) is 0 Å². The van der Waals surface area contributed by atoms with Gasteiger partial charge in [-0.05, 0) is 12.8 Å². The zero-order valence-corrected chi connectivity index (χ0v) is 10.4. The number of amides is 1. The van der Waals surface area contributed by atoms with Crippen molar-refractivity contribution in [2.24, 2.45) is 0 Å². The quantitative estimate of drug-likeness (QED) is 0.851. The molecule has 7 heteroatoms. The van der Waals surface area contributed by atoms with Gasteiger partial charge in [-0.2, -0.15) is 13.2 Å². The van der Waals surface area contributed by atoms with Crippen molar-refractivity contribution in [1.29, 1.82) is 0 Å². The minimum Gasteiger partial charge on any atom is -0.333 e. The van der Waals surface area contributed by atoms with Gasteiger partial charge in [0, 0.05) is 24.5 Å². The maximum Gasteiger partial charge on any atom is 0.389 e. The maximum atomic E-state index is 12.1.